The molecule has 156 valence electrons. The molecule has 0 fully saturated rings. The lowest BCUT2D eigenvalue weighted by Gasteiger charge is -2.21. The first-order valence-corrected chi connectivity index (χ1v) is 10.7. The summed E-state index contributed by atoms with van der Waals surface area (Å²) in [5.41, 5.74) is 2.62. The molecule has 2 aromatic heterocycles. The minimum atomic E-state index is -0.939. The molecule has 8 heteroatoms. The number of fused-ring (bicyclic) bond motifs is 1. The van der Waals surface area contributed by atoms with Gasteiger partial charge < -0.3 is 19.5 Å². The van der Waals surface area contributed by atoms with Crippen molar-refractivity contribution < 1.29 is 19.4 Å². The van der Waals surface area contributed by atoms with E-state index in [1.807, 2.05) is 26.0 Å². The number of thiophene rings is 1. The predicted molar refractivity (Wildman–Crippen MR) is 118 cm³/mol. The summed E-state index contributed by atoms with van der Waals surface area (Å²) in [6, 6.07) is 10.9. The summed E-state index contributed by atoms with van der Waals surface area (Å²) in [5.74, 6) is 0.779. The number of methoxy groups -OCH3 is 1. The van der Waals surface area contributed by atoms with E-state index in [0.717, 1.165) is 20.9 Å². The van der Waals surface area contributed by atoms with Crippen LogP contribution in [0.2, 0.25) is 5.15 Å². The van der Waals surface area contributed by atoms with Crippen LogP contribution in [0.5, 0.6) is 11.5 Å². The molecular formula is C22H21ClN2O4S. The lowest BCUT2D eigenvalue weighted by atomic mass is 10.2. The Morgan fingerprint density at radius 1 is 1.20 bits per heavy atom. The average Bonchev–Trinajstić information content (AvgIpc) is 3.28. The van der Waals surface area contributed by atoms with E-state index >= 15 is 0 Å². The zero-order chi connectivity index (χ0) is 21.4. The normalized spacial score (nSPS) is 14.2. The summed E-state index contributed by atoms with van der Waals surface area (Å²) >= 11 is 7.31. The monoisotopic (exact) mass is 444 g/mol. The maximum Gasteiger partial charge on any atom is 0.269 e. The second-order valence-electron chi connectivity index (χ2n) is 7.31. The highest BCUT2D eigenvalue weighted by atomic mass is 35.5. The van der Waals surface area contributed by atoms with Gasteiger partial charge in [-0.15, -0.1) is 11.3 Å². The highest BCUT2D eigenvalue weighted by Gasteiger charge is 2.32. The predicted octanol–water partition coefficient (Wildman–Crippen LogP) is 4.99. The van der Waals surface area contributed by atoms with Crippen molar-refractivity contribution in [1.82, 2.24) is 4.98 Å². The van der Waals surface area contributed by atoms with Crippen LogP contribution in [-0.4, -0.2) is 29.4 Å². The van der Waals surface area contributed by atoms with Crippen LogP contribution in [0.1, 0.15) is 29.1 Å². The van der Waals surface area contributed by atoms with Crippen LogP contribution in [0.15, 0.2) is 42.6 Å². The minimum Gasteiger partial charge on any atom is -0.493 e. The number of hydrogen-bond acceptors (Lipinski definition) is 6. The Morgan fingerprint density at radius 2 is 2.00 bits per heavy atom. The molecule has 1 N–H and O–H groups in total. The second-order valence-corrected chi connectivity index (χ2v) is 8.75. The quantitative estimate of drug-likeness (QED) is 0.428. The largest absolute Gasteiger partial charge is 0.493 e. The first-order chi connectivity index (χ1) is 14.4. The molecule has 0 aliphatic carbocycles. The second kappa shape index (κ2) is 8.26. The maximum atomic E-state index is 13.0. The Kier molecular flexibility index (Phi) is 5.69. The van der Waals surface area contributed by atoms with E-state index < -0.39 is 6.29 Å². The molecule has 1 atom stereocenters. The zero-order valence-corrected chi connectivity index (χ0v) is 18.3. The number of pyridine rings is 1. The fourth-order valence-electron chi connectivity index (χ4n) is 3.15. The van der Waals surface area contributed by atoms with Crippen LogP contribution in [-0.2, 0) is 6.54 Å². The summed E-state index contributed by atoms with van der Waals surface area (Å²) in [6.07, 6.45) is 0.770. The fraction of sp³-hybridized carbons (Fsp3) is 0.273. The molecule has 30 heavy (non-hydrogen) atoms. The lowest BCUT2D eigenvalue weighted by molar-refractivity contribution is -0.0527. The molecule has 6 nitrogen and oxygen atoms in total. The molecule has 0 saturated heterocycles. The van der Waals surface area contributed by atoms with Crippen molar-refractivity contribution in [3.63, 3.8) is 0 Å². The van der Waals surface area contributed by atoms with Gasteiger partial charge in [0.15, 0.2) is 17.8 Å². The Bertz CT molecular complexity index is 1080. The average molecular weight is 445 g/mol. The highest BCUT2D eigenvalue weighted by Crippen LogP contribution is 2.40. The topological polar surface area (TPSA) is 71.9 Å². The van der Waals surface area contributed by atoms with Crippen LogP contribution < -0.4 is 14.4 Å². The van der Waals surface area contributed by atoms with E-state index in [1.54, 1.807) is 35.4 Å². The van der Waals surface area contributed by atoms with Crippen molar-refractivity contribution >= 4 is 34.5 Å². The third-order valence-corrected chi connectivity index (χ3v) is 6.30. The highest BCUT2D eigenvalue weighted by molar-refractivity contribution is 7.17. The van der Waals surface area contributed by atoms with E-state index in [2.05, 4.69) is 4.98 Å². The van der Waals surface area contributed by atoms with Gasteiger partial charge in [-0.05, 0) is 35.9 Å². The molecule has 0 radical (unpaired) electrons. The standard InChI is InChI=1S/C22H21ClN2O4S/c1-12(2)22(27)29-16-6-5-15(9-17(16)28-3)25-11-14-8-18(30-20(14)21(25)26)13-4-7-19(23)24-10-13/h4-10,12,22,27H,11H2,1-3H3. The summed E-state index contributed by atoms with van der Waals surface area (Å²) in [4.78, 5) is 20.6. The molecule has 4 rings (SSSR count). The van der Waals surface area contributed by atoms with Crippen LogP contribution in [0.25, 0.3) is 10.4 Å². The molecule has 1 unspecified atom stereocenters. The van der Waals surface area contributed by atoms with Crippen molar-refractivity contribution in [1.29, 1.82) is 0 Å². The van der Waals surface area contributed by atoms with E-state index in [1.165, 1.54) is 18.4 Å². The molecule has 1 amide bonds. The summed E-state index contributed by atoms with van der Waals surface area (Å²) in [7, 11) is 1.53. The van der Waals surface area contributed by atoms with Gasteiger partial charge in [-0.3, -0.25) is 4.79 Å². The van der Waals surface area contributed by atoms with Gasteiger partial charge in [-0.1, -0.05) is 25.4 Å². The van der Waals surface area contributed by atoms with Crippen LogP contribution in [0.4, 0.5) is 5.69 Å². The lowest BCUT2D eigenvalue weighted by Crippen LogP contribution is -2.24. The Morgan fingerprint density at radius 3 is 2.63 bits per heavy atom. The first-order valence-electron chi connectivity index (χ1n) is 9.46. The van der Waals surface area contributed by atoms with E-state index in [9.17, 15) is 9.90 Å². The van der Waals surface area contributed by atoms with Crippen molar-refractivity contribution in [2.75, 3.05) is 12.0 Å². The molecular weight excluding hydrogens is 424 g/mol. The number of carbonyl (C=O) groups is 1. The van der Waals surface area contributed by atoms with Crippen LogP contribution in [0, 0.1) is 5.92 Å². The molecule has 0 bridgehead atoms. The van der Waals surface area contributed by atoms with Crippen LogP contribution >= 0.6 is 22.9 Å². The number of carbonyl (C=O) groups excluding carboxylic acids is 1. The Balaban J connectivity index is 1.57. The van der Waals surface area contributed by atoms with Gasteiger partial charge in [0, 0.05) is 34.3 Å². The molecule has 1 aliphatic heterocycles. The number of ether oxygens (including phenoxy) is 2. The Labute approximate surface area is 183 Å². The number of halogens is 1. The number of amides is 1. The summed E-state index contributed by atoms with van der Waals surface area (Å²) in [6.45, 7) is 4.20. The number of rotatable bonds is 6. The SMILES string of the molecule is COc1cc(N2Cc3cc(-c4ccc(Cl)nc4)sc3C2=O)ccc1OC(O)C(C)C. The minimum absolute atomic E-state index is 0.0545. The molecule has 3 aromatic rings. The number of benzene rings is 1. The van der Waals surface area contributed by atoms with Crippen molar-refractivity contribution in [2.24, 2.45) is 5.92 Å². The van der Waals surface area contributed by atoms with E-state index in [0.29, 0.717) is 28.9 Å². The third-order valence-electron chi connectivity index (χ3n) is 4.87. The van der Waals surface area contributed by atoms with E-state index in [4.69, 9.17) is 21.1 Å². The smallest absolute Gasteiger partial charge is 0.269 e. The van der Waals surface area contributed by atoms with Crippen LogP contribution in [0.3, 0.4) is 0 Å². The van der Waals surface area contributed by atoms with Crippen molar-refractivity contribution in [3.05, 3.63) is 58.2 Å². The summed E-state index contributed by atoms with van der Waals surface area (Å²) in [5, 5.41) is 10.4. The van der Waals surface area contributed by atoms with Gasteiger partial charge in [-0.2, -0.15) is 0 Å². The summed E-state index contributed by atoms with van der Waals surface area (Å²) < 4.78 is 11.0. The maximum absolute atomic E-state index is 13.0. The fourth-order valence-corrected chi connectivity index (χ4v) is 4.38. The number of hydrogen-bond donors (Lipinski definition) is 1. The number of aromatic nitrogens is 1. The molecule has 0 spiro atoms. The first kappa shape index (κ1) is 20.7. The number of aliphatic hydroxyl groups excluding tert-OH is 1. The van der Waals surface area contributed by atoms with Gasteiger partial charge in [0.25, 0.3) is 5.91 Å². The van der Waals surface area contributed by atoms with Gasteiger partial charge >= 0.3 is 0 Å². The van der Waals surface area contributed by atoms with Gasteiger partial charge in [0.05, 0.1) is 18.5 Å². The number of anilines is 1. The third kappa shape index (κ3) is 3.88. The molecule has 3 heterocycles. The van der Waals surface area contributed by atoms with E-state index in [-0.39, 0.29) is 11.8 Å². The van der Waals surface area contributed by atoms with Gasteiger partial charge in [0.1, 0.15) is 5.15 Å². The molecule has 1 aliphatic rings. The van der Waals surface area contributed by atoms with Gasteiger partial charge in [0.2, 0.25) is 0 Å². The molecule has 0 saturated carbocycles. The molecule has 1 aromatic carbocycles. The number of aliphatic hydroxyl groups is 1. The Hall–Kier alpha value is -2.61. The zero-order valence-electron chi connectivity index (χ0n) is 16.8. The number of nitrogens with zero attached hydrogens (tertiary/aromatic N) is 2. The van der Waals surface area contributed by atoms with Crippen molar-refractivity contribution in [2.45, 2.75) is 26.7 Å². The van der Waals surface area contributed by atoms with Crippen molar-refractivity contribution in [3.8, 4) is 21.9 Å². The van der Waals surface area contributed by atoms with Gasteiger partial charge in [-0.25, -0.2) is 4.98 Å².